The van der Waals surface area contributed by atoms with Gasteiger partial charge in [-0.3, -0.25) is 0 Å². The Kier molecular flexibility index (Phi) is 6.78. The molecule has 35 heavy (non-hydrogen) atoms. The van der Waals surface area contributed by atoms with Gasteiger partial charge in [0.05, 0.1) is 11.8 Å². The number of anilines is 3. The van der Waals surface area contributed by atoms with Gasteiger partial charge >= 0.3 is 5.97 Å². The maximum absolute atomic E-state index is 13.0. The first-order valence-electron chi connectivity index (χ1n) is 11.8. The van der Waals surface area contributed by atoms with Crippen molar-refractivity contribution < 1.29 is 13.9 Å². The molecule has 0 atom stereocenters. The minimum atomic E-state index is -0.550. The van der Waals surface area contributed by atoms with Crippen LogP contribution < -0.4 is 20.0 Å². The van der Waals surface area contributed by atoms with Crippen molar-refractivity contribution in [2.24, 2.45) is 5.10 Å². The normalized spacial score (nSPS) is 15.7. The predicted molar refractivity (Wildman–Crippen MR) is 132 cm³/mol. The van der Waals surface area contributed by atoms with Crippen molar-refractivity contribution in [3.05, 3.63) is 65.5 Å². The van der Waals surface area contributed by atoms with Crippen molar-refractivity contribution in [1.82, 2.24) is 15.0 Å². The standard InChI is InChI=1S/C25H26FN7O2/c26-20-9-7-19(8-10-20)22(34)35-21-11-5-18(6-12-21)17-27-31-23-28-24(32-13-1-2-14-32)30-25(29-23)33-15-3-4-16-33/h5-12,17H,1-4,13-16H2,(H,28,29,30,31). The number of carbonyl (C=O) groups is 1. The average Bonchev–Trinajstić information content (AvgIpc) is 3.60. The molecule has 0 amide bonds. The van der Waals surface area contributed by atoms with Gasteiger partial charge in [-0.1, -0.05) is 0 Å². The number of rotatable bonds is 7. The van der Waals surface area contributed by atoms with E-state index in [4.69, 9.17) is 9.72 Å². The first-order chi connectivity index (χ1) is 17.1. The summed E-state index contributed by atoms with van der Waals surface area (Å²) in [6.07, 6.45) is 6.20. The van der Waals surface area contributed by atoms with Gasteiger partial charge in [0.1, 0.15) is 11.6 Å². The number of aromatic nitrogens is 3. The number of nitrogens with zero attached hydrogens (tertiary/aromatic N) is 6. The number of benzene rings is 2. The van der Waals surface area contributed by atoms with Crippen molar-refractivity contribution in [2.75, 3.05) is 41.4 Å². The second kappa shape index (κ2) is 10.5. The van der Waals surface area contributed by atoms with Crippen LogP contribution in [0, 0.1) is 5.82 Å². The zero-order valence-corrected chi connectivity index (χ0v) is 19.2. The molecule has 1 N–H and O–H groups in total. The van der Waals surface area contributed by atoms with Crippen LogP contribution in [-0.4, -0.2) is 53.3 Å². The molecule has 2 fully saturated rings. The third kappa shape index (κ3) is 5.71. The molecule has 0 radical (unpaired) electrons. The third-order valence-corrected chi connectivity index (χ3v) is 5.94. The summed E-state index contributed by atoms with van der Waals surface area (Å²) in [6, 6.07) is 12.1. The number of hydrogen-bond donors (Lipinski definition) is 1. The summed E-state index contributed by atoms with van der Waals surface area (Å²) in [5.74, 6) is 1.20. The number of nitrogens with one attached hydrogen (secondary N) is 1. The molecular weight excluding hydrogens is 449 g/mol. The van der Waals surface area contributed by atoms with Crippen molar-refractivity contribution in [3.63, 3.8) is 0 Å². The van der Waals surface area contributed by atoms with Crippen molar-refractivity contribution in [3.8, 4) is 5.75 Å². The van der Waals surface area contributed by atoms with Crippen LogP contribution in [0.3, 0.4) is 0 Å². The van der Waals surface area contributed by atoms with Gasteiger partial charge in [-0.2, -0.15) is 20.1 Å². The zero-order chi connectivity index (χ0) is 24.0. The monoisotopic (exact) mass is 475 g/mol. The minimum Gasteiger partial charge on any atom is -0.423 e. The lowest BCUT2D eigenvalue weighted by Crippen LogP contribution is -2.25. The van der Waals surface area contributed by atoms with Crippen molar-refractivity contribution in [2.45, 2.75) is 25.7 Å². The number of hydrazone groups is 1. The SMILES string of the molecule is O=C(Oc1ccc(C=NNc2nc(N3CCCC3)nc(N3CCCC3)n2)cc1)c1ccc(F)cc1. The van der Waals surface area contributed by atoms with Crippen LogP contribution in [0.25, 0.3) is 0 Å². The number of ether oxygens (including phenoxy) is 1. The van der Waals surface area contributed by atoms with E-state index in [9.17, 15) is 9.18 Å². The van der Waals surface area contributed by atoms with Gasteiger partial charge < -0.3 is 14.5 Å². The molecule has 2 aliphatic rings. The second-order valence-corrected chi connectivity index (χ2v) is 8.48. The molecule has 0 spiro atoms. The van der Waals surface area contributed by atoms with Crippen LogP contribution in [0.1, 0.15) is 41.6 Å². The Morgan fingerprint density at radius 2 is 1.43 bits per heavy atom. The molecule has 5 rings (SSSR count). The quantitative estimate of drug-likeness (QED) is 0.238. The third-order valence-electron chi connectivity index (χ3n) is 5.94. The van der Waals surface area contributed by atoms with E-state index in [2.05, 4.69) is 30.3 Å². The minimum absolute atomic E-state index is 0.278. The lowest BCUT2D eigenvalue weighted by atomic mass is 10.2. The Morgan fingerprint density at radius 3 is 2.00 bits per heavy atom. The lowest BCUT2D eigenvalue weighted by Gasteiger charge is -2.20. The molecule has 2 aliphatic heterocycles. The van der Waals surface area contributed by atoms with E-state index in [1.165, 1.54) is 24.3 Å². The predicted octanol–water partition coefficient (Wildman–Crippen LogP) is 3.88. The van der Waals surface area contributed by atoms with Crippen LogP contribution in [0.2, 0.25) is 0 Å². The fraction of sp³-hybridized carbons (Fsp3) is 0.320. The summed E-state index contributed by atoms with van der Waals surface area (Å²) >= 11 is 0. The smallest absolute Gasteiger partial charge is 0.343 e. The Balaban J connectivity index is 1.23. The summed E-state index contributed by atoms with van der Waals surface area (Å²) in [6.45, 7) is 3.79. The Morgan fingerprint density at radius 1 is 0.857 bits per heavy atom. The molecule has 0 aliphatic carbocycles. The maximum Gasteiger partial charge on any atom is 0.343 e. The molecule has 0 bridgehead atoms. The largest absolute Gasteiger partial charge is 0.423 e. The molecule has 2 aromatic carbocycles. The zero-order valence-electron chi connectivity index (χ0n) is 19.2. The van der Waals surface area contributed by atoms with E-state index in [0.29, 0.717) is 23.6 Å². The first-order valence-corrected chi connectivity index (χ1v) is 11.8. The van der Waals surface area contributed by atoms with E-state index in [1.54, 1.807) is 30.5 Å². The molecule has 0 saturated carbocycles. The highest BCUT2D eigenvalue weighted by Gasteiger charge is 2.21. The molecule has 1 aromatic heterocycles. The van der Waals surface area contributed by atoms with Gasteiger partial charge in [0, 0.05) is 26.2 Å². The summed E-state index contributed by atoms with van der Waals surface area (Å²) in [5.41, 5.74) is 4.01. The Bertz CT molecular complexity index is 1160. The van der Waals surface area contributed by atoms with E-state index < -0.39 is 11.8 Å². The van der Waals surface area contributed by atoms with Gasteiger partial charge in [-0.25, -0.2) is 14.6 Å². The topological polar surface area (TPSA) is 95.8 Å². The van der Waals surface area contributed by atoms with Gasteiger partial charge in [-0.15, -0.1) is 0 Å². The summed E-state index contributed by atoms with van der Waals surface area (Å²) in [5, 5.41) is 4.29. The second-order valence-electron chi connectivity index (χ2n) is 8.48. The van der Waals surface area contributed by atoms with Crippen LogP contribution in [0.5, 0.6) is 5.75 Å². The van der Waals surface area contributed by atoms with Crippen LogP contribution in [-0.2, 0) is 0 Å². The van der Waals surface area contributed by atoms with Gasteiger partial charge in [0.25, 0.3) is 0 Å². The van der Waals surface area contributed by atoms with Crippen LogP contribution in [0.4, 0.5) is 22.2 Å². The van der Waals surface area contributed by atoms with E-state index in [1.807, 2.05) is 0 Å². The van der Waals surface area contributed by atoms with E-state index >= 15 is 0 Å². The summed E-state index contributed by atoms with van der Waals surface area (Å²) in [7, 11) is 0. The van der Waals surface area contributed by atoms with Gasteiger partial charge in [-0.05, 0) is 79.8 Å². The molecule has 3 heterocycles. The highest BCUT2D eigenvalue weighted by atomic mass is 19.1. The van der Waals surface area contributed by atoms with E-state index in [-0.39, 0.29) is 5.56 Å². The molecule has 2 saturated heterocycles. The highest BCUT2D eigenvalue weighted by Crippen LogP contribution is 2.23. The highest BCUT2D eigenvalue weighted by molar-refractivity contribution is 5.91. The molecule has 180 valence electrons. The fourth-order valence-electron chi connectivity index (χ4n) is 4.06. The Hall–Kier alpha value is -4.08. The van der Waals surface area contributed by atoms with Crippen LogP contribution in [0.15, 0.2) is 53.6 Å². The van der Waals surface area contributed by atoms with Gasteiger partial charge in [0.15, 0.2) is 0 Å². The van der Waals surface area contributed by atoms with Crippen LogP contribution >= 0.6 is 0 Å². The van der Waals surface area contributed by atoms with E-state index in [0.717, 1.165) is 57.4 Å². The number of carbonyl (C=O) groups excluding carboxylic acids is 1. The Labute approximate surface area is 202 Å². The fourth-order valence-corrected chi connectivity index (χ4v) is 4.06. The van der Waals surface area contributed by atoms with Gasteiger partial charge in [0.2, 0.25) is 17.8 Å². The van der Waals surface area contributed by atoms with Crippen molar-refractivity contribution in [1.29, 1.82) is 0 Å². The molecular formula is C25H26FN7O2. The number of esters is 1. The summed E-state index contributed by atoms with van der Waals surface area (Å²) in [4.78, 5) is 30.4. The maximum atomic E-state index is 13.0. The number of halogens is 1. The molecule has 9 nitrogen and oxygen atoms in total. The first kappa shape index (κ1) is 22.7. The molecule has 10 heteroatoms. The lowest BCUT2D eigenvalue weighted by molar-refractivity contribution is 0.0734. The summed E-state index contributed by atoms with van der Waals surface area (Å²) < 4.78 is 18.4. The average molecular weight is 476 g/mol. The molecule has 3 aromatic rings. The number of hydrogen-bond acceptors (Lipinski definition) is 9. The van der Waals surface area contributed by atoms with Crippen molar-refractivity contribution >= 4 is 30.0 Å². The molecule has 0 unspecified atom stereocenters.